The van der Waals surface area contributed by atoms with Crippen LogP contribution >= 0.6 is 0 Å². The van der Waals surface area contributed by atoms with Crippen LogP contribution in [0.4, 0.5) is 23.7 Å². The molecular formula is C48H65F3N8O5. The molecule has 5 aliphatic rings. The number of nitrogens with one attached hydrogen (secondary N) is 2. The number of benzene rings is 1. The number of hydrazine groups is 1. The van der Waals surface area contributed by atoms with Gasteiger partial charge in [-0.15, -0.1) is 0 Å². The van der Waals surface area contributed by atoms with Crippen LogP contribution in [0.2, 0.25) is 0 Å². The van der Waals surface area contributed by atoms with Crippen molar-refractivity contribution < 1.29 is 37.0 Å². The molecule has 2 saturated heterocycles. The van der Waals surface area contributed by atoms with Gasteiger partial charge >= 0.3 is 18.2 Å². The number of rotatable bonds is 6. The number of alkyl halides is 3. The molecule has 0 spiro atoms. The van der Waals surface area contributed by atoms with Gasteiger partial charge in [-0.2, -0.15) is 13.2 Å². The third-order valence-corrected chi connectivity index (χ3v) is 13.0. The standard InChI is InChI=1S/C48H65F3N8O5/c1-30(2)41-36(23-34(25-52-41)57-20-18-56(19-21-57)33-13-14-33)42-37-24-47(6,7)29-63-44(61)38-11-9-17-59(54-38)43(60)39(53-45(62)64-46(3,4)5)27-55-16-8-10-32(26-55)31-12-15-40(35(37)22-31)58(42)28-48(49,50)51/h10,12,15,22-23,25,30,33,38-39,54H,8-9,11,13-14,16-21,24,26-29H2,1-7H3,(H,53,62)/t38-,39-/m0/s1. The predicted octanol–water partition coefficient (Wildman–Crippen LogP) is 7.28. The van der Waals surface area contributed by atoms with E-state index in [-0.39, 0.29) is 19.1 Å². The second-order valence-corrected chi connectivity index (χ2v) is 20.5. The molecule has 1 aliphatic carbocycles. The van der Waals surface area contributed by atoms with Crippen molar-refractivity contribution in [2.75, 3.05) is 63.9 Å². The highest BCUT2D eigenvalue weighted by atomic mass is 19.4. The first-order valence-electron chi connectivity index (χ1n) is 23.1. The zero-order chi connectivity index (χ0) is 45.7. The van der Waals surface area contributed by atoms with Crippen molar-refractivity contribution in [3.63, 3.8) is 0 Å². The van der Waals surface area contributed by atoms with Gasteiger partial charge in [0, 0.05) is 80.3 Å². The van der Waals surface area contributed by atoms with Crippen LogP contribution in [0.1, 0.15) is 103 Å². The average Bonchev–Trinajstić information content (AvgIpc) is 4.05. The zero-order valence-corrected chi connectivity index (χ0v) is 38.4. The maximum Gasteiger partial charge on any atom is 0.408 e. The number of aromatic nitrogens is 2. The number of hydrogen-bond donors (Lipinski definition) is 2. The van der Waals surface area contributed by atoms with Gasteiger partial charge in [0.15, 0.2) is 0 Å². The lowest BCUT2D eigenvalue weighted by Crippen LogP contribution is -2.62. The summed E-state index contributed by atoms with van der Waals surface area (Å²) in [7, 11) is 0. The van der Waals surface area contributed by atoms with Gasteiger partial charge in [-0.3, -0.25) is 29.4 Å². The van der Waals surface area contributed by atoms with Crippen LogP contribution in [0.15, 0.2) is 36.5 Å². The van der Waals surface area contributed by atoms with E-state index in [1.807, 2.05) is 46.0 Å². The smallest absolute Gasteiger partial charge is 0.408 e. The summed E-state index contributed by atoms with van der Waals surface area (Å²) in [5.74, 6) is -1.02. The van der Waals surface area contributed by atoms with E-state index in [1.165, 1.54) is 22.4 Å². The summed E-state index contributed by atoms with van der Waals surface area (Å²) in [5.41, 5.74) is 7.33. The molecule has 1 unspecified atom stereocenters. The number of cyclic esters (lactones) is 1. The Morgan fingerprint density at radius 3 is 2.47 bits per heavy atom. The number of alkyl carbamates (subject to hydrolysis) is 1. The number of esters is 1. The molecule has 348 valence electrons. The Hall–Kier alpha value is -4.67. The minimum absolute atomic E-state index is 0.0213. The van der Waals surface area contributed by atoms with Crippen molar-refractivity contribution in [2.24, 2.45) is 5.41 Å². The van der Waals surface area contributed by atoms with Crippen LogP contribution in [0.5, 0.6) is 0 Å². The quantitative estimate of drug-likeness (QED) is 0.244. The number of hydrogen-bond acceptors (Lipinski definition) is 10. The minimum Gasteiger partial charge on any atom is -0.464 e. The first-order valence-corrected chi connectivity index (χ1v) is 23.1. The summed E-state index contributed by atoms with van der Waals surface area (Å²) < 4.78 is 57.9. The number of ether oxygens (including phenoxy) is 2. The maximum atomic E-state index is 15.0. The lowest BCUT2D eigenvalue weighted by atomic mass is 9.83. The largest absolute Gasteiger partial charge is 0.464 e. The number of carbonyl (C=O) groups excluding carboxylic acids is 3. The Bertz CT molecular complexity index is 2270. The van der Waals surface area contributed by atoms with E-state index in [1.54, 1.807) is 26.8 Å². The Morgan fingerprint density at radius 1 is 1.03 bits per heavy atom. The van der Waals surface area contributed by atoms with Gasteiger partial charge in [0.25, 0.3) is 5.91 Å². The van der Waals surface area contributed by atoms with Gasteiger partial charge in [-0.05, 0) is 100 Å². The van der Waals surface area contributed by atoms with Crippen molar-refractivity contribution in [2.45, 2.75) is 129 Å². The lowest BCUT2D eigenvalue weighted by Gasteiger charge is -2.37. The molecule has 4 aliphatic heterocycles. The number of anilines is 1. The molecule has 6 bridgehead atoms. The normalized spacial score (nSPS) is 24.0. The third-order valence-electron chi connectivity index (χ3n) is 13.0. The van der Waals surface area contributed by atoms with Gasteiger partial charge < -0.3 is 24.3 Å². The van der Waals surface area contributed by atoms with Crippen LogP contribution in [0.3, 0.4) is 0 Å². The molecule has 3 aromatic rings. The lowest BCUT2D eigenvalue weighted by molar-refractivity contribution is -0.155. The van der Waals surface area contributed by atoms with E-state index >= 15 is 0 Å². The molecule has 13 nitrogen and oxygen atoms in total. The molecule has 16 heteroatoms. The molecular weight excluding hydrogens is 826 g/mol. The van der Waals surface area contributed by atoms with Crippen LogP contribution in [0, 0.1) is 5.41 Å². The summed E-state index contributed by atoms with van der Waals surface area (Å²) >= 11 is 0. The van der Waals surface area contributed by atoms with Crippen molar-refractivity contribution >= 4 is 40.1 Å². The van der Waals surface area contributed by atoms with E-state index in [0.717, 1.165) is 54.3 Å². The number of pyridine rings is 1. The van der Waals surface area contributed by atoms with Gasteiger partial charge in [0.05, 0.1) is 29.9 Å². The number of nitrogens with zero attached hydrogens (tertiary/aromatic N) is 6. The van der Waals surface area contributed by atoms with E-state index in [4.69, 9.17) is 14.5 Å². The minimum atomic E-state index is -4.54. The van der Waals surface area contributed by atoms with Crippen LogP contribution in [-0.4, -0.2) is 131 Å². The van der Waals surface area contributed by atoms with Crippen LogP contribution < -0.4 is 15.6 Å². The van der Waals surface area contributed by atoms with E-state index in [9.17, 15) is 27.6 Å². The summed E-state index contributed by atoms with van der Waals surface area (Å²) in [6.45, 7) is 17.0. The highest BCUT2D eigenvalue weighted by molar-refractivity contribution is 5.95. The van der Waals surface area contributed by atoms with E-state index in [0.29, 0.717) is 73.5 Å². The van der Waals surface area contributed by atoms with Crippen molar-refractivity contribution in [1.29, 1.82) is 0 Å². The topological polar surface area (TPSA) is 125 Å². The molecule has 2 N–H and O–H groups in total. The summed E-state index contributed by atoms with van der Waals surface area (Å²) in [6, 6.07) is 6.58. The Balaban J connectivity index is 1.25. The number of halogens is 3. The SMILES string of the molecule is CC(C)c1ncc(N2CCN(C3CC3)CC2)cc1-c1c2c3cc(ccc3n1CC(F)(F)F)C1=CCCN(C1)C[C@H](NC(=O)OC(C)(C)C)C(=O)N1CCC[C@H](N1)C(=O)OCC(C)(C)C2. The number of piperazine rings is 1. The number of amides is 2. The van der Waals surface area contributed by atoms with Crippen molar-refractivity contribution in [3.05, 3.63) is 53.4 Å². The summed E-state index contributed by atoms with van der Waals surface area (Å²) in [5, 5.41) is 4.91. The Morgan fingerprint density at radius 2 is 1.78 bits per heavy atom. The molecule has 8 rings (SSSR count). The summed E-state index contributed by atoms with van der Waals surface area (Å²) in [6.07, 6.45) is 3.14. The van der Waals surface area contributed by atoms with Gasteiger partial charge in [0.2, 0.25) is 0 Å². The first kappa shape index (κ1) is 45.9. The fourth-order valence-corrected chi connectivity index (χ4v) is 9.79. The predicted molar refractivity (Wildman–Crippen MR) is 241 cm³/mol. The second-order valence-electron chi connectivity index (χ2n) is 20.5. The molecule has 1 saturated carbocycles. The number of fused-ring (bicyclic) bond motifs is 6. The maximum absolute atomic E-state index is 15.0. The molecule has 2 amide bonds. The van der Waals surface area contributed by atoms with Crippen LogP contribution in [0.25, 0.3) is 27.7 Å². The van der Waals surface area contributed by atoms with Crippen molar-refractivity contribution in [3.8, 4) is 11.3 Å². The molecule has 6 heterocycles. The molecule has 0 radical (unpaired) electrons. The van der Waals surface area contributed by atoms with Crippen LogP contribution in [-0.2, 0) is 32.0 Å². The monoisotopic (exact) mass is 891 g/mol. The average molecular weight is 891 g/mol. The highest BCUT2D eigenvalue weighted by Gasteiger charge is 2.39. The highest BCUT2D eigenvalue weighted by Crippen LogP contribution is 2.44. The molecule has 3 fully saturated rings. The fourth-order valence-electron chi connectivity index (χ4n) is 9.79. The summed E-state index contributed by atoms with van der Waals surface area (Å²) in [4.78, 5) is 53.2. The van der Waals surface area contributed by atoms with E-state index < -0.39 is 53.8 Å². The zero-order valence-electron chi connectivity index (χ0n) is 38.4. The fraction of sp³-hybridized carbons (Fsp3) is 0.625. The second kappa shape index (κ2) is 18.0. The number of carbonyl (C=O) groups is 3. The van der Waals surface area contributed by atoms with Gasteiger partial charge in [-0.25, -0.2) is 10.2 Å². The third kappa shape index (κ3) is 10.5. The van der Waals surface area contributed by atoms with E-state index in [2.05, 4.69) is 37.6 Å². The Kier molecular flexibility index (Phi) is 12.9. The first-order chi connectivity index (χ1) is 30.2. The van der Waals surface area contributed by atoms with Gasteiger partial charge in [0.1, 0.15) is 24.2 Å². The van der Waals surface area contributed by atoms with Crippen molar-refractivity contribution in [1.82, 2.24) is 35.1 Å². The van der Waals surface area contributed by atoms with Gasteiger partial charge in [-0.1, -0.05) is 39.8 Å². The molecule has 64 heavy (non-hydrogen) atoms. The Labute approximate surface area is 374 Å². The molecule has 1 aromatic carbocycles. The molecule has 2 aromatic heterocycles. The molecule has 3 atom stereocenters.